The molecule has 0 unspecified atom stereocenters. The van der Waals surface area contributed by atoms with Gasteiger partial charge in [-0.25, -0.2) is 4.57 Å². The molecule has 0 radical (unpaired) electrons. The number of pyridine rings is 1. The molecule has 0 aliphatic carbocycles. The number of benzene rings is 1. The van der Waals surface area contributed by atoms with Crippen LogP contribution in [0.4, 0.5) is 0 Å². The minimum atomic E-state index is 0. The second-order valence-corrected chi connectivity index (χ2v) is 5.80. The first-order chi connectivity index (χ1) is 11.1. The Hall–Kier alpha value is -1.95. The molecule has 0 amide bonds. The minimum Gasteiger partial charge on any atom is -1.00 e. The molecular formula is C20H22IN3. The molecule has 0 saturated carbocycles. The van der Waals surface area contributed by atoms with Crippen LogP contribution in [0.15, 0.2) is 54.7 Å². The summed E-state index contributed by atoms with van der Waals surface area (Å²) in [7, 11) is 2.05. The van der Waals surface area contributed by atoms with Crippen LogP contribution in [0.25, 0.3) is 12.2 Å². The Morgan fingerprint density at radius 1 is 1.00 bits per heavy atom. The van der Waals surface area contributed by atoms with E-state index in [0.717, 1.165) is 12.2 Å². The fourth-order valence-corrected chi connectivity index (χ4v) is 2.74. The molecule has 3 nitrogen and oxygen atoms in total. The van der Waals surface area contributed by atoms with Gasteiger partial charge in [0.2, 0.25) is 5.69 Å². The van der Waals surface area contributed by atoms with E-state index in [1.807, 2.05) is 12.1 Å². The van der Waals surface area contributed by atoms with Gasteiger partial charge in [-0.2, -0.15) is 5.10 Å². The van der Waals surface area contributed by atoms with E-state index < -0.39 is 0 Å². The first-order valence-corrected chi connectivity index (χ1v) is 7.86. The van der Waals surface area contributed by atoms with E-state index in [1.165, 1.54) is 22.5 Å². The highest BCUT2D eigenvalue weighted by atomic mass is 127. The molecular weight excluding hydrogens is 409 g/mol. The average molecular weight is 431 g/mol. The predicted molar refractivity (Wildman–Crippen MR) is 93.8 cm³/mol. The average Bonchev–Trinajstić information content (AvgIpc) is 2.82. The van der Waals surface area contributed by atoms with Crippen LogP contribution in [0, 0.1) is 13.8 Å². The molecule has 0 atom stereocenters. The van der Waals surface area contributed by atoms with E-state index in [-0.39, 0.29) is 24.0 Å². The maximum absolute atomic E-state index is 4.70. The number of aryl methyl sites for hydroxylation is 2. The molecule has 24 heavy (non-hydrogen) atoms. The lowest BCUT2D eigenvalue weighted by Gasteiger charge is -2.04. The molecule has 0 bridgehead atoms. The largest absolute Gasteiger partial charge is 1.00 e. The standard InChI is InChI=1S/C20H22N3.HI/c1-16-20(13-12-19-11-7-8-14-22(19)3)17(2)23(21-16)15-18-9-5-4-6-10-18;/h4-14H,15H2,1-3H3;1H/q+1;/p-1. The second kappa shape index (κ2) is 8.24. The molecule has 124 valence electrons. The number of rotatable bonds is 4. The molecule has 3 aromatic rings. The van der Waals surface area contributed by atoms with Gasteiger partial charge in [-0.3, -0.25) is 4.68 Å². The van der Waals surface area contributed by atoms with Gasteiger partial charge in [-0.05, 0) is 31.6 Å². The van der Waals surface area contributed by atoms with Crippen molar-refractivity contribution in [3.63, 3.8) is 0 Å². The van der Waals surface area contributed by atoms with E-state index in [4.69, 9.17) is 5.10 Å². The van der Waals surface area contributed by atoms with Crippen LogP contribution in [0.3, 0.4) is 0 Å². The Balaban J connectivity index is 0.00000208. The Morgan fingerprint density at radius 3 is 2.42 bits per heavy atom. The normalized spacial score (nSPS) is 10.8. The summed E-state index contributed by atoms with van der Waals surface area (Å²) in [4.78, 5) is 0. The van der Waals surface area contributed by atoms with Gasteiger partial charge in [0.25, 0.3) is 0 Å². The minimum absolute atomic E-state index is 0. The highest BCUT2D eigenvalue weighted by Crippen LogP contribution is 2.17. The summed E-state index contributed by atoms with van der Waals surface area (Å²) in [6.45, 7) is 5.01. The molecule has 0 aliphatic rings. The van der Waals surface area contributed by atoms with Crippen molar-refractivity contribution >= 4 is 12.2 Å². The summed E-state index contributed by atoms with van der Waals surface area (Å²) >= 11 is 0. The zero-order valence-corrected chi connectivity index (χ0v) is 16.4. The zero-order chi connectivity index (χ0) is 16.2. The maximum atomic E-state index is 4.70. The molecule has 0 N–H and O–H groups in total. The maximum Gasteiger partial charge on any atom is 0.204 e. The van der Waals surface area contributed by atoms with Gasteiger partial charge in [0.15, 0.2) is 6.20 Å². The zero-order valence-electron chi connectivity index (χ0n) is 14.3. The Labute approximate surface area is 160 Å². The Bertz CT molecular complexity index is 835. The van der Waals surface area contributed by atoms with Crippen LogP contribution in [-0.2, 0) is 13.6 Å². The lowest BCUT2D eigenvalue weighted by Crippen LogP contribution is -3.00. The van der Waals surface area contributed by atoms with Crippen molar-refractivity contribution in [3.8, 4) is 0 Å². The molecule has 0 saturated heterocycles. The van der Waals surface area contributed by atoms with Crippen molar-refractivity contribution < 1.29 is 28.5 Å². The fourth-order valence-electron chi connectivity index (χ4n) is 2.74. The first kappa shape index (κ1) is 18.4. The lowest BCUT2D eigenvalue weighted by atomic mass is 10.1. The summed E-state index contributed by atoms with van der Waals surface area (Å²) < 4.78 is 4.19. The molecule has 3 rings (SSSR count). The molecule has 0 aliphatic heterocycles. The molecule has 2 heterocycles. The summed E-state index contributed by atoms with van der Waals surface area (Å²) in [6.07, 6.45) is 6.36. The van der Waals surface area contributed by atoms with Crippen molar-refractivity contribution in [2.24, 2.45) is 7.05 Å². The van der Waals surface area contributed by atoms with Crippen molar-refractivity contribution in [2.45, 2.75) is 20.4 Å². The topological polar surface area (TPSA) is 21.7 Å². The van der Waals surface area contributed by atoms with Gasteiger partial charge in [-0.15, -0.1) is 0 Å². The Morgan fingerprint density at radius 2 is 1.71 bits per heavy atom. The number of aromatic nitrogens is 3. The third-order valence-electron chi connectivity index (χ3n) is 4.13. The van der Waals surface area contributed by atoms with Gasteiger partial charge in [0.05, 0.1) is 12.2 Å². The third kappa shape index (κ3) is 4.12. The van der Waals surface area contributed by atoms with Gasteiger partial charge in [-0.1, -0.05) is 30.3 Å². The lowest BCUT2D eigenvalue weighted by molar-refractivity contribution is -0.673. The highest BCUT2D eigenvalue weighted by Gasteiger charge is 2.10. The number of halogens is 1. The summed E-state index contributed by atoms with van der Waals surface area (Å²) in [5, 5.41) is 4.70. The number of hydrogen-bond donors (Lipinski definition) is 0. The SMILES string of the molecule is Cc1nn(Cc2ccccc2)c(C)c1/C=C/c1cccc[n+]1C.[I-]. The predicted octanol–water partition coefficient (Wildman–Crippen LogP) is 0.547. The van der Waals surface area contributed by atoms with Crippen molar-refractivity contribution in [1.29, 1.82) is 0 Å². The monoisotopic (exact) mass is 431 g/mol. The van der Waals surface area contributed by atoms with E-state index in [9.17, 15) is 0 Å². The number of hydrogen-bond acceptors (Lipinski definition) is 1. The Kier molecular flexibility index (Phi) is 6.31. The third-order valence-corrected chi connectivity index (χ3v) is 4.13. The molecule has 2 aromatic heterocycles. The van der Waals surface area contributed by atoms with Gasteiger partial charge < -0.3 is 24.0 Å². The van der Waals surface area contributed by atoms with E-state index in [1.54, 1.807) is 0 Å². The van der Waals surface area contributed by atoms with E-state index in [0.29, 0.717) is 0 Å². The fraction of sp³-hybridized carbons (Fsp3) is 0.200. The van der Waals surface area contributed by atoms with Crippen molar-refractivity contribution in [1.82, 2.24) is 9.78 Å². The van der Waals surface area contributed by atoms with Gasteiger partial charge in [0.1, 0.15) is 7.05 Å². The van der Waals surface area contributed by atoms with Crippen molar-refractivity contribution in [2.75, 3.05) is 0 Å². The van der Waals surface area contributed by atoms with Gasteiger partial charge >= 0.3 is 0 Å². The van der Waals surface area contributed by atoms with Gasteiger partial charge in [0, 0.05) is 29.5 Å². The van der Waals surface area contributed by atoms with Crippen LogP contribution in [-0.4, -0.2) is 9.78 Å². The quantitative estimate of drug-likeness (QED) is 0.437. The van der Waals surface area contributed by atoms with Crippen molar-refractivity contribution in [3.05, 3.63) is 82.9 Å². The van der Waals surface area contributed by atoms with E-state index in [2.05, 4.69) is 84.9 Å². The van der Waals surface area contributed by atoms with Crippen LogP contribution in [0.1, 0.15) is 28.2 Å². The van der Waals surface area contributed by atoms with Crippen LogP contribution >= 0.6 is 0 Å². The number of nitrogens with zero attached hydrogens (tertiary/aromatic N) is 3. The van der Waals surface area contributed by atoms with E-state index >= 15 is 0 Å². The molecule has 0 fully saturated rings. The van der Waals surface area contributed by atoms with Crippen LogP contribution in [0.2, 0.25) is 0 Å². The van der Waals surface area contributed by atoms with Crippen LogP contribution in [0.5, 0.6) is 0 Å². The summed E-state index contributed by atoms with van der Waals surface area (Å²) in [6, 6.07) is 16.6. The first-order valence-electron chi connectivity index (χ1n) is 7.86. The summed E-state index contributed by atoms with van der Waals surface area (Å²) in [5.74, 6) is 0. The second-order valence-electron chi connectivity index (χ2n) is 5.80. The highest BCUT2D eigenvalue weighted by molar-refractivity contribution is 5.69. The smallest absolute Gasteiger partial charge is 0.204 e. The molecule has 1 aromatic carbocycles. The van der Waals surface area contributed by atoms with Crippen LogP contribution < -0.4 is 28.5 Å². The summed E-state index contributed by atoms with van der Waals surface area (Å²) in [5.41, 5.74) is 5.89. The molecule has 4 heteroatoms. The molecule has 0 spiro atoms.